The van der Waals surface area contributed by atoms with Crippen LogP contribution in [0.15, 0.2) is 103 Å². The van der Waals surface area contributed by atoms with Crippen molar-refractivity contribution in [2.75, 3.05) is 15.1 Å². The number of allylic oxidation sites excluding steroid dienone is 2. The number of para-hydroxylation sites is 1. The van der Waals surface area contributed by atoms with Gasteiger partial charge in [-0.1, -0.05) is 53.6 Å². The molecule has 4 aromatic carbocycles. The van der Waals surface area contributed by atoms with Crippen molar-refractivity contribution < 1.29 is 24.3 Å². The Kier molecular flexibility index (Phi) is 8.75. The first-order chi connectivity index (χ1) is 28.8. The highest BCUT2D eigenvalue weighted by atomic mass is 35.5. The average molecular weight is 836 g/mol. The predicted molar refractivity (Wildman–Crippen MR) is 235 cm³/mol. The number of amides is 4. The number of nitrogens with one attached hydrogen (secondary N) is 1. The Morgan fingerprint density at radius 3 is 2.25 bits per heavy atom. The first-order valence-corrected chi connectivity index (χ1v) is 21.4. The molecule has 10 nitrogen and oxygen atoms in total. The molecular formula is C48H42ClN5O5S. The fourth-order valence-corrected chi connectivity index (χ4v) is 11.9. The summed E-state index contributed by atoms with van der Waals surface area (Å²) in [6, 6.07) is 28.4. The highest BCUT2D eigenvalue weighted by Crippen LogP contribution is 2.64. The molecule has 12 heteroatoms. The number of aromatic hydroxyl groups is 1. The van der Waals surface area contributed by atoms with E-state index in [1.165, 1.54) is 9.80 Å². The van der Waals surface area contributed by atoms with Gasteiger partial charge in [-0.2, -0.15) is 5.10 Å². The molecule has 4 aliphatic rings. The molecule has 302 valence electrons. The van der Waals surface area contributed by atoms with Gasteiger partial charge in [0, 0.05) is 40.1 Å². The molecule has 2 aromatic heterocycles. The highest BCUT2D eigenvalue weighted by Gasteiger charge is 2.68. The first-order valence-electron chi connectivity index (χ1n) is 20.2. The van der Waals surface area contributed by atoms with E-state index in [1.54, 1.807) is 41.3 Å². The zero-order valence-electron chi connectivity index (χ0n) is 33.7. The van der Waals surface area contributed by atoms with Crippen molar-refractivity contribution in [1.29, 1.82) is 0 Å². The summed E-state index contributed by atoms with van der Waals surface area (Å²) in [4.78, 5) is 62.8. The van der Waals surface area contributed by atoms with E-state index in [0.717, 1.165) is 43.0 Å². The maximum Gasteiger partial charge on any atom is 0.242 e. The second-order valence-electron chi connectivity index (χ2n) is 16.9. The molecule has 6 atom stereocenters. The number of hydrogen-bond donors (Lipinski definition) is 2. The van der Waals surface area contributed by atoms with Crippen LogP contribution < -0.4 is 15.1 Å². The van der Waals surface area contributed by atoms with Gasteiger partial charge >= 0.3 is 0 Å². The summed E-state index contributed by atoms with van der Waals surface area (Å²) < 4.78 is 2.64. The number of nitrogens with zero attached hydrogens (tertiary/aromatic N) is 4. The second-order valence-corrected chi connectivity index (χ2v) is 18.4. The van der Waals surface area contributed by atoms with E-state index in [1.807, 2.05) is 100 Å². The van der Waals surface area contributed by atoms with Crippen LogP contribution in [0.1, 0.15) is 47.9 Å². The number of thiophene rings is 1. The summed E-state index contributed by atoms with van der Waals surface area (Å²) in [6.45, 7) is 7.54. The SMILES string of the molecule is Cc1cc(C2C3=CCC4C(=O)N(c5ccc(Nc6ccccc6)cc5)C(=O)C4C3CC3C(=O)N(c4cc(-c5sc6ccc(Cl)cc6c5C)nn4C)C(=O)C32C)cc(C)c1O. The van der Waals surface area contributed by atoms with E-state index in [4.69, 9.17) is 16.7 Å². The van der Waals surface area contributed by atoms with Gasteiger partial charge in [0.15, 0.2) is 0 Å². The molecule has 0 bridgehead atoms. The molecule has 1 saturated carbocycles. The molecule has 3 fully saturated rings. The van der Waals surface area contributed by atoms with E-state index < -0.39 is 35.0 Å². The van der Waals surface area contributed by atoms with E-state index in [9.17, 15) is 14.7 Å². The third-order valence-electron chi connectivity index (χ3n) is 13.5. The topological polar surface area (TPSA) is 125 Å². The van der Waals surface area contributed by atoms with Crippen molar-refractivity contribution in [3.8, 4) is 16.3 Å². The fourth-order valence-electron chi connectivity index (χ4n) is 10.6. The lowest BCUT2D eigenvalue weighted by Gasteiger charge is -2.49. The number of rotatable bonds is 6. The van der Waals surface area contributed by atoms with Crippen molar-refractivity contribution in [2.45, 2.75) is 46.5 Å². The van der Waals surface area contributed by atoms with Gasteiger partial charge in [-0.05, 0) is 129 Å². The molecule has 2 aliphatic carbocycles. The zero-order chi connectivity index (χ0) is 41.9. The average Bonchev–Trinajstić information content (AvgIpc) is 3.90. The molecule has 6 unspecified atom stereocenters. The Hall–Kier alpha value is -6.04. The van der Waals surface area contributed by atoms with Crippen molar-refractivity contribution in [3.05, 3.63) is 130 Å². The number of fused-ring (bicyclic) bond motifs is 5. The van der Waals surface area contributed by atoms with Gasteiger partial charge < -0.3 is 10.4 Å². The molecule has 0 spiro atoms. The summed E-state index contributed by atoms with van der Waals surface area (Å²) in [7, 11) is 1.74. The molecule has 4 heterocycles. The quantitative estimate of drug-likeness (QED) is 0.126. The number of carbonyl (C=O) groups is 4. The minimum absolute atomic E-state index is 0.166. The lowest BCUT2D eigenvalue weighted by molar-refractivity contribution is -0.131. The Balaban J connectivity index is 1.04. The monoisotopic (exact) mass is 835 g/mol. The Labute approximate surface area is 356 Å². The van der Waals surface area contributed by atoms with E-state index >= 15 is 9.59 Å². The summed E-state index contributed by atoms with van der Waals surface area (Å²) in [6.07, 6.45) is 2.61. The summed E-state index contributed by atoms with van der Waals surface area (Å²) in [5.74, 6) is -3.95. The Morgan fingerprint density at radius 1 is 0.833 bits per heavy atom. The van der Waals surface area contributed by atoms with Crippen LogP contribution in [0.25, 0.3) is 20.7 Å². The molecule has 2 N–H and O–H groups in total. The van der Waals surface area contributed by atoms with E-state index in [2.05, 4.69) is 11.4 Å². The fraction of sp³-hybridized carbons (Fsp3) is 0.271. The lowest BCUT2D eigenvalue weighted by Crippen LogP contribution is -2.49. The molecule has 0 radical (unpaired) electrons. The minimum Gasteiger partial charge on any atom is -0.507 e. The van der Waals surface area contributed by atoms with Gasteiger partial charge in [-0.15, -0.1) is 11.3 Å². The van der Waals surface area contributed by atoms with Gasteiger partial charge in [0.05, 0.1) is 33.7 Å². The van der Waals surface area contributed by atoms with E-state index in [0.29, 0.717) is 39.8 Å². The van der Waals surface area contributed by atoms with Crippen LogP contribution in [-0.2, 0) is 26.2 Å². The number of aryl methyl sites for hydroxylation is 4. The maximum atomic E-state index is 15.3. The molecule has 60 heavy (non-hydrogen) atoms. The van der Waals surface area contributed by atoms with Crippen LogP contribution >= 0.6 is 22.9 Å². The van der Waals surface area contributed by atoms with Crippen molar-refractivity contribution in [2.24, 2.45) is 36.1 Å². The van der Waals surface area contributed by atoms with Gasteiger partial charge in [0.2, 0.25) is 23.6 Å². The summed E-state index contributed by atoms with van der Waals surface area (Å²) in [5, 5.41) is 20.7. The Morgan fingerprint density at radius 2 is 1.53 bits per heavy atom. The zero-order valence-corrected chi connectivity index (χ0v) is 35.3. The van der Waals surface area contributed by atoms with Gasteiger partial charge in [-0.3, -0.25) is 28.8 Å². The molecular weight excluding hydrogens is 794 g/mol. The second kappa shape index (κ2) is 13.8. The number of imide groups is 2. The van der Waals surface area contributed by atoms with Gasteiger partial charge in [0.25, 0.3) is 0 Å². The molecule has 4 amide bonds. The summed E-state index contributed by atoms with van der Waals surface area (Å²) in [5.41, 5.74) is 5.60. The molecule has 2 saturated heterocycles. The third-order valence-corrected chi connectivity index (χ3v) is 15.1. The number of benzene rings is 4. The maximum absolute atomic E-state index is 15.3. The normalized spacial score (nSPS) is 24.8. The number of phenolic OH excluding ortho intramolecular Hbond substituents is 1. The van der Waals surface area contributed by atoms with Crippen molar-refractivity contribution >= 4 is 79.5 Å². The number of hydrogen-bond acceptors (Lipinski definition) is 8. The lowest BCUT2D eigenvalue weighted by atomic mass is 9.51. The standard InChI is InChI=1S/C48H42ClN5O5S/c1-24-19-27(20-25(2)42(24)55)41-32-16-17-33-40(46(58)53(44(33)56)31-14-12-30(13-15-31)50-29-9-7-6-8-10-29)35(32)22-36-45(57)54(47(59)48(36,41)4)39-23-37(51-52(39)5)43-26(3)34-21-28(49)11-18-38(34)60-43/h6-16,18-21,23,33,35-36,40-41,50,55H,17,22H2,1-5H3. The van der Waals surface area contributed by atoms with Crippen molar-refractivity contribution in [1.82, 2.24) is 9.78 Å². The van der Waals surface area contributed by atoms with Gasteiger partial charge in [-0.25, -0.2) is 4.90 Å². The Bertz CT molecular complexity index is 2840. The minimum atomic E-state index is -1.25. The van der Waals surface area contributed by atoms with E-state index in [-0.39, 0.29) is 35.8 Å². The predicted octanol–water partition coefficient (Wildman–Crippen LogP) is 9.76. The first kappa shape index (κ1) is 38.2. The van der Waals surface area contributed by atoms with Gasteiger partial charge in [0.1, 0.15) is 17.3 Å². The smallest absolute Gasteiger partial charge is 0.242 e. The number of anilines is 4. The number of carbonyl (C=O) groups excluding carboxylic acids is 4. The number of halogens is 1. The molecule has 6 aromatic rings. The van der Waals surface area contributed by atoms with Crippen LogP contribution in [0.5, 0.6) is 5.75 Å². The number of phenols is 1. The number of aromatic nitrogens is 2. The van der Waals surface area contributed by atoms with Crippen LogP contribution in [-0.4, -0.2) is 38.5 Å². The van der Waals surface area contributed by atoms with Crippen molar-refractivity contribution in [3.63, 3.8) is 0 Å². The van der Waals surface area contributed by atoms with Crippen LogP contribution in [0.3, 0.4) is 0 Å². The van der Waals surface area contributed by atoms with Crippen LogP contribution in [0, 0.1) is 49.9 Å². The summed E-state index contributed by atoms with van der Waals surface area (Å²) >= 11 is 7.93. The highest BCUT2D eigenvalue weighted by molar-refractivity contribution is 7.22. The van der Waals surface area contributed by atoms with Crippen LogP contribution in [0.2, 0.25) is 5.02 Å². The van der Waals surface area contributed by atoms with Crippen LogP contribution in [0.4, 0.5) is 22.9 Å². The molecule has 2 aliphatic heterocycles. The molecule has 10 rings (SSSR count). The third kappa shape index (κ3) is 5.55. The largest absolute Gasteiger partial charge is 0.507 e.